The third-order valence-electron chi connectivity index (χ3n) is 2.11. The van der Waals surface area contributed by atoms with E-state index in [4.69, 9.17) is 0 Å². The maximum Gasteiger partial charge on any atom is 0.384 e. The molecule has 0 atom stereocenters. The van der Waals surface area contributed by atoms with Crippen molar-refractivity contribution < 1.29 is 43.9 Å². The molecular formula is C8H8F10. The number of hydrogen-bond acceptors (Lipinski definition) is 0. The van der Waals surface area contributed by atoms with Crippen molar-refractivity contribution in [1.29, 1.82) is 0 Å². The molecule has 0 aromatic rings. The summed E-state index contributed by atoms with van der Waals surface area (Å²) in [5.41, 5.74) is 0. The first-order valence-corrected chi connectivity index (χ1v) is 4.55. The normalized spacial score (nSPS) is 15.3. The van der Waals surface area contributed by atoms with Gasteiger partial charge < -0.3 is 0 Å². The average Bonchev–Trinajstić information content (AvgIpc) is 2.16. The summed E-state index contributed by atoms with van der Waals surface area (Å²) in [5, 5.41) is 0. The third-order valence-corrected chi connectivity index (χ3v) is 2.11. The van der Waals surface area contributed by atoms with Crippen molar-refractivity contribution in [3.05, 3.63) is 0 Å². The highest BCUT2D eigenvalue weighted by Crippen LogP contribution is 2.55. The van der Waals surface area contributed by atoms with E-state index in [2.05, 4.69) is 0 Å². The Kier molecular flexibility index (Phi) is 4.58. The van der Waals surface area contributed by atoms with Crippen LogP contribution < -0.4 is 0 Å². The molecule has 0 aliphatic carbocycles. The highest BCUT2D eigenvalue weighted by atomic mass is 19.4. The molecule has 18 heavy (non-hydrogen) atoms. The molecule has 0 aliphatic rings. The van der Waals surface area contributed by atoms with Gasteiger partial charge in [0.1, 0.15) is 0 Å². The molecule has 0 heterocycles. The second-order valence-corrected chi connectivity index (χ2v) is 3.53. The van der Waals surface area contributed by atoms with Gasteiger partial charge in [-0.3, -0.25) is 0 Å². The van der Waals surface area contributed by atoms with Crippen LogP contribution in [0.4, 0.5) is 43.9 Å². The number of hydrogen-bond donors (Lipinski definition) is 0. The van der Waals surface area contributed by atoms with Crippen LogP contribution in [-0.4, -0.2) is 30.1 Å². The van der Waals surface area contributed by atoms with Crippen molar-refractivity contribution in [2.45, 2.75) is 49.9 Å². The summed E-state index contributed by atoms with van der Waals surface area (Å²) >= 11 is 0. The fraction of sp³-hybridized carbons (Fsp3) is 1.00. The van der Waals surface area contributed by atoms with Crippen molar-refractivity contribution in [3.63, 3.8) is 0 Å². The van der Waals surface area contributed by atoms with Crippen LogP contribution in [0.3, 0.4) is 0 Å². The van der Waals surface area contributed by atoms with E-state index in [9.17, 15) is 43.9 Å². The Hall–Kier alpha value is -0.700. The molecule has 0 nitrogen and oxygen atoms in total. The van der Waals surface area contributed by atoms with Gasteiger partial charge in [-0.1, -0.05) is 13.3 Å². The minimum Gasteiger partial charge on any atom is -0.203 e. The highest BCUT2D eigenvalue weighted by molar-refractivity contribution is 5.04. The van der Waals surface area contributed by atoms with E-state index in [0.717, 1.165) is 6.92 Å². The minimum absolute atomic E-state index is 0.723. The van der Waals surface area contributed by atoms with Crippen molar-refractivity contribution in [2.24, 2.45) is 0 Å². The second-order valence-electron chi connectivity index (χ2n) is 3.53. The minimum atomic E-state index is -6.87. The summed E-state index contributed by atoms with van der Waals surface area (Å²) in [6.07, 6.45) is -7.76. The van der Waals surface area contributed by atoms with E-state index in [1.165, 1.54) is 0 Å². The molecular weight excluding hydrogens is 286 g/mol. The van der Waals surface area contributed by atoms with Crippen LogP contribution in [0.2, 0.25) is 0 Å². The predicted molar refractivity (Wildman–Crippen MR) is 40.7 cm³/mol. The highest BCUT2D eigenvalue weighted by Gasteiger charge is 2.82. The molecule has 0 saturated carbocycles. The Morgan fingerprint density at radius 1 is 0.778 bits per heavy atom. The van der Waals surface area contributed by atoms with Gasteiger partial charge in [-0.05, 0) is 0 Å². The largest absolute Gasteiger partial charge is 0.384 e. The zero-order chi connectivity index (χ0) is 15.0. The van der Waals surface area contributed by atoms with Gasteiger partial charge in [0, 0.05) is 6.42 Å². The molecule has 0 radical (unpaired) electrons. The van der Waals surface area contributed by atoms with Gasteiger partial charge >= 0.3 is 30.1 Å². The average molecular weight is 294 g/mol. The second kappa shape index (κ2) is 4.76. The molecule has 0 rings (SSSR count). The first-order valence-electron chi connectivity index (χ1n) is 4.55. The van der Waals surface area contributed by atoms with E-state index in [1.54, 1.807) is 0 Å². The quantitative estimate of drug-likeness (QED) is 0.628. The van der Waals surface area contributed by atoms with E-state index in [0.29, 0.717) is 0 Å². The van der Waals surface area contributed by atoms with Crippen LogP contribution >= 0.6 is 0 Å². The lowest BCUT2D eigenvalue weighted by Gasteiger charge is -2.36. The molecule has 0 bridgehead atoms. The maximum atomic E-state index is 12.7. The fourth-order valence-corrected chi connectivity index (χ4v) is 1.05. The van der Waals surface area contributed by atoms with Crippen LogP contribution in [0.25, 0.3) is 0 Å². The molecule has 0 spiro atoms. The summed E-state index contributed by atoms with van der Waals surface area (Å²) in [7, 11) is 0. The SMILES string of the molecule is CCCC(F)(F)C(F)(F)C(F)(F)C(F)(F)C(F)F. The summed E-state index contributed by atoms with van der Waals surface area (Å²) < 4.78 is 124. The topological polar surface area (TPSA) is 0 Å². The van der Waals surface area contributed by atoms with E-state index in [-0.39, 0.29) is 0 Å². The molecule has 0 unspecified atom stereocenters. The van der Waals surface area contributed by atoms with Crippen LogP contribution in [0, 0.1) is 0 Å². The van der Waals surface area contributed by atoms with Crippen molar-refractivity contribution in [2.75, 3.05) is 0 Å². The van der Waals surface area contributed by atoms with E-state index >= 15 is 0 Å². The van der Waals surface area contributed by atoms with Crippen LogP contribution in [0.15, 0.2) is 0 Å². The lowest BCUT2D eigenvalue weighted by Crippen LogP contribution is -2.64. The van der Waals surface area contributed by atoms with Gasteiger partial charge in [0.15, 0.2) is 0 Å². The van der Waals surface area contributed by atoms with Gasteiger partial charge in [0.2, 0.25) is 0 Å². The Balaban J connectivity index is 5.58. The molecule has 0 aliphatic heterocycles. The zero-order valence-electron chi connectivity index (χ0n) is 8.77. The maximum absolute atomic E-state index is 12.7. The van der Waals surface area contributed by atoms with Crippen molar-refractivity contribution in [3.8, 4) is 0 Å². The summed E-state index contributed by atoms with van der Waals surface area (Å²) in [4.78, 5) is 0. The van der Waals surface area contributed by atoms with Crippen LogP contribution in [0.5, 0.6) is 0 Å². The van der Waals surface area contributed by atoms with Crippen molar-refractivity contribution >= 4 is 0 Å². The monoisotopic (exact) mass is 294 g/mol. The molecule has 0 N–H and O–H groups in total. The zero-order valence-corrected chi connectivity index (χ0v) is 8.77. The van der Waals surface area contributed by atoms with Crippen LogP contribution in [-0.2, 0) is 0 Å². The first kappa shape index (κ1) is 17.3. The molecule has 0 saturated heterocycles. The predicted octanol–water partition coefficient (Wildman–Crippen LogP) is 4.59. The van der Waals surface area contributed by atoms with Gasteiger partial charge in [-0.25, -0.2) is 8.78 Å². The first-order chi connectivity index (χ1) is 7.75. The van der Waals surface area contributed by atoms with Crippen LogP contribution in [0.1, 0.15) is 19.8 Å². The molecule has 10 heteroatoms. The Morgan fingerprint density at radius 2 is 1.17 bits per heavy atom. The summed E-state index contributed by atoms with van der Waals surface area (Å²) in [5.74, 6) is -25.5. The van der Waals surface area contributed by atoms with E-state index in [1.807, 2.05) is 0 Å². The van der Waals surface area contributed by atoms with Gasteiger partial charge in [-0.2, -0.15) is 35.1 Å². The van der Waals surface area contributed by atoms with Gasteiger partial charge in [0.25, 0.3) is 0 Å². The standard InChI is InChI=1S/C8H8F10/c1-2-3-5(11,12)7(15,16)8(17,18)6(13,14)4(9)10/h4H,2-3H2,1H3. The van der Waals surface area contributed by atoms with Gasteiger partial charge in [0.05, 0.1) is 0 Å². The Labute approximate surface area is 94.9 Å². The molecule has 0 aromatic carbocycles. The lowest BCUT2D eigenvalue weighted by atomic mass is 9.96. The smallest absolute Gasteiger partial charge is 0.203 e. The molecule has 0 fully saturated rings. The molecule has 0 aromatic heterocycles. The van der Waals surface area contributed by atoms with Gasteiger partial charge in [-0.15, -0.1) is 0 Å². The van der Waals surface area contributed by atoms with E-state index < -0.39 is 43.0 Å². The fourth-order valence-electron chi connectivity index (χ4n) is 1.05. The number of halogens is 10. The third kappa shape index (κ3) is 2.37. The number of alkyl halides is 10. The lowest BCUT2D eigenvalue weighted by molar-refractivity contribution is -0.384. The van der Waals surface area contributed by atoms with Crippen molar-refractivity contribution in [1.82, 2.24) is 0 Å². The Bertz CT molecular complexity index is 282. The Morgan fingerprint density at radius 3 is 1.44 bits per heavy atom. The molecule has 110 valence electrons. The summed E-state index contributed by atoms with van der Waals surface area (Å²) in [6, 6.07) is 0. The molecule has 0 amide bonds. The summed E-state index contributed by atoms with van der Waals surface area (Å²) in [6.45, 7) is 0.910. The number of rotatable bonds is 6.